The SMILES string of the molecule is Cn1c(CO)nnc1C1CCN(C(=O)[C@H]2C[C@@H](N)[C@H](O)C2)CC1. The van der Waals surface area contributed by atoms with E-state index in [0.29, 0.717) is 31.8 Å². The van der Waals surface area contributed by atoms with Gasteiger partial charge in [-0.25, -0.2) is 0 Å². The molecule has 0 unspecified atom stereocenters. The van der Waals surface area contributed by atoms with Crippen molar-refractivity contribution < 1.29 is 15.0 Å². The number of carbonyl (C=O) groups is 1. The summed E-state index contributed by atoms with van der Waals surface area (Å²) >= 11 is 0. The third kappa shape index (κ3) is 3.11. The lowest BCUT2D eigenvalue weighted by Gasteiger charge is -2.33. The summed E-state index contributed by atoms with van der Waals surface area (Å²) in [5.41, 5.74) is 5.81. The van der Waals surface area contributed by atoms with Gasteiger partial charge >= 0.3 is 0 Å². The minimum absolute atomic E-state index is 0.115. The van der Waals surface area contributed by atoms with Gasteiger partial charge in [-0.15, -0.1) is 10.2 Å². The minimum Gasteiger partial charge on any atom is -0.391 e. The van der Waals surface area contributed by atoms with E-state index in [1.807, 2.05) is 16.5 Å². The summed E-state index contributed by atoms with van der Waals surface area (Å²) in [7, 11) is 1.86. The molecule has 0 bridgehead atoms. The fourth-order valence-corrected chi connectivity index (χ4v) is 3.73. The lowest BCUT2D eigenvalue weighted by Crippen LogP contribution is -2.41. The van der Waals surface area contributed by atoms with Crippen molar-refractivity contribution in [3.8, 4) is 0 Å². The standard InChI is InChI=1S/C15H25N5O3/c1-19-13(8-21)17-18-14(19)9-2-4-20(5-3-9)15(23)10-6-11(16)12(22)7-10/h9-12,21-22H,2-8,16H2,1H3/t10-,11+,12+/m0/s1. The van der Waals surface area contributed by atoms with Crippen LogP contribution in [0.25, 0.3) is 0 Å². The Hall–Kier alpha value is -1.51. The zero-order valence-electron chi connectivity index (χ0n) is 13.4. The van der Waals surface area contributed by atoms with Crippen LogP contribution in [0, 0.1) is 5.92 Å². The number of hydrogen-bond donors (Lipinski definition) is 3. The van der Waals surface area contributed by atoms with Crippen molar-refractivity contribution in [3.63, 3.8) is 0 Å². The van der Waals surface area contributed by atoms with Crippen molar-refractivity contribution in [2.24, 2.45) is 18.7 Å². The normalized spacial score (nSPS) is 29.2. The number of hydrogen-bond acceptors (Lipinski definition) is 6. The number of likely N-dealkylation sites (tertiary alicyclic amines) is 1. The Kier molecular flexibility index (Phi) is 4.65. The van der Waals surface area contributed by atoms with E-state index in [-0.39, 0.29) is 30.4 Å². The molecular formula is C15H25N5O3. The molecule has 2 fully saturated rings. The van der Waals surface area contributed by atoms with Crippen LogP contribution in [0.1, 0.15) is 43.3 Å². The molecule has 2 aliphatic rings. The monoisotopic (exact) mass is 323 g/mol. The molecule has 1 aliphatic carbocycles. The molecule has 0 radical (unpaired) electrons. The number of amides is 1. The molecule has 23 heavy (non-hydrogen) atoms. The molecular weight excluding hydrogens is 298 g/mol. The van der Waals surface area contributed by atoms with Gasteiger partial charge < -0.3 is 25.4 Å². The number of piperidine rings is 1. The molecule has 8 heteroatoms. The second-order valence-electron chi connectivity index (χ2n) is 6.69. The average molecular weight is 323 g/mol. The molecule has 128 valence electrons. The topological polar surface area (TPSA) is 118 Å². The molecule has 1 aromatic heterocycles. The van der Waals surface area contributed by atoms with Crippen LogP contribution in [-0.4, -0.2) is 61.0 Å². The second-order valence-corrected chi connectivity index (χ2v) is 6.69. The van der Waals surface area contributed by atoms with E-state index in [2.05, 4.69) is 10.2 Å². The first kappa shape index (κ1) is 16.4. The van der Waals surface area contributed by atoms with E-state index in [1.165, 1.54) is 0 Å². The van der Waals surface area contributed by atoms with Gasteiger partial charge in [0.15, 0.2) is 5.82 Å². The van der Waals surface area contributed by atoms with Gasteiger partial charge in [-0.3, -0.25) is 4.79 Å². The zero-order valence-corrected chi connectivity index (χ0v) is 13.4. The molecule has 0 spiro atoms. The minimum atomic E-state index is -0.558. The smallest absolute Gasteiger partial charge is 0.225 e. The maximum atomic E-state index is 12.5. The highest BCUT2D eigenvalue weighted by molar-refractivity contribution is 5.79. The summed E-state index contributed by atoms with van der Waals surface area (Å²) in [6, 6.07) is -0.281. The van der Waals surface area contributed by atoms with Crippen LogP contribution in [0.3, 0.4) is 0 Å². The first-order chi connectivity index (χ1) is 11.0. The van der Waals surface area contributed by atoms with E-state index in [9.17, 15) is 15.0 Å². The molecule has 1 saturated carbocycles. The van der Waals surface area contributed by atoms with Crippen LogP contribution in [0.4, 0.5) is 0 Å². The molecule has 1 saturated heterocycles. The van der Waals surface area contributed by atoms with E-state index in [0.717, 1.165) is 18.7 Å². The van der Waals surface area contributed by atoms with Gasteiger partial charge in [-0.2, -0.15) is 0 Å². The van der Waals surface area contributed by atoms with Crippen molar-refractivity contribution in [3.05, 3.63) is 11.6 Å². The Bertz CT molecular complexity index is 557. The van der Waals surface area contributed by atoms with Crippen LogP contribution in [0.5, 0.6) is 0 Å². The summed E-state index contributed by atoms with van der Waals surface area (Å²) in [4.78, 5) is 14.4. The molecule has 8 nitrogen and oxygen atoms in total. The van der Waals surface area contributed by atoms with Crippen LogP contribution in [0.15, 0.2) is 0 Å². The van der Waals surface area contributed by atoms with Crippen LogP contribution in [-0.2, 0) is 18.4 Å². The Morgan fingerprint density at radius 2 is 2.00 bits per heavy atom. The number of aromatic nitrogens is 3. The summed E-state index contributed by atoms with van der Waals surface area (Å²) in [6.07, 6.45) is 2.16. The summed E-state index contributed by atoms with van der Waals surface area (Å²) in [5, 5.41) is 27.1. The van der Waals surface area contributed by atoms with Crippen molar-refractivity contribution in [1.29, 1.82) is 0 Å². The van der Waals surface area contributed by atoms with Gasteiger partial charge in [0.1, 0.15) is 12.4 Å². The lowest BCUT2D eigenvalue weighted by molar-refractivity contribution is -0.136. The first-order valence-electron chi connectivity index (χ1n) is 8.22. The third-order valence-electron chi connectivity index (χ3n) is 5.24. The fourth-order valence-electron chi connectivity index (χ4n) is 3.73. The predicted octanol–water partition coefficient (Wildman–Crippen LogP) is -0.888. The number of aliphatic hydroxyl groups is 2. The summed E-state index contributed by atoms with van der Waals surface area (Å²) in [5.74, 6) is 1.66. The Morgan fingerprint density at radius 1 is 1.30 bits per heavy atom. The van der Waals surface area contributed by atoms with E-state index < -0.39 is 6.10 Å². The fraction of sp³-hybridized carbons (Fsp3) is 0.800. The summed E-state index contributed by atoms with van der Waals surface area (Å²) in [6.45, 7) is 1.25. The quantitative estimate of drug-likeness (QED) is 0.664. The summed E-state index contributed by atoms with van der Waals surface area (Å²) < 4.78 is 1.84. The number of aliphatic hydroxyl groups excluding tert-OH is 2. The molecule has 1 amide bonds. The van der Waals surface area contributed by atoms with Gasteiger partial charge in [0.05, 0.1) is 6.10 Å². The van der Waals surface area contributed by atoms with Gasteiger partial charge in [0.2, 0.25) is 5.91 Å². The van der Waals surface area contributed by atoms with Crippen LogP contribution in [0.2, 0.25) is 0 Å². The number of nitrogens with two attached hydrogens (primary N) is 1. The van der Waals surface area contributed by atoms with Gasteiger partial charge in [-0.1, -0.05) is 0 Å². The van der Waals surface area contributed by atoms with Crippen LogP contribution < -0.4 is 5.73 Å². The van der Waals surface area contributed by atoms with Gasteiger partial charge in [0, 0.05) is 38.0 Å². The molecule has 1 aromatic rings. The number of rotatable bonds is 3. The molecule has 0 aromatic carbocycles. The highest BCUT2D eigenvalue weighted by Crippen LogP contribution is 2.31. The molecule has 4 N–H and O–H groups in total. The number of carbonyl (C=O) groups excluding carboxylic acids is 1. The maximum Gasteiger partial charge on any atom is 0.225 e. The number of nitrogens with zero attached hydrogens (tertiary/aromatic N) is 4. The highest BCUT2D eigenvalue weighted by Gasteiger charge is 2.38. The maximum absolute atomic E-state index is 12.5. The second kappa shape index (κ2) is 6.54. The lowest BCUT2D eigenvalue weighted by atomic mass is 9.94. The Balaban J connectivity index is 1.58. The van der Waals surface area contributed by atoms with E-state index >= 15 is 0 Å². The molecule has 1 aliphatic heterocycles. The van der Waals surface area contributed by atoms with Crippen molar-refractivity contribution in [2.75, 3.05) is 13.1 Å². The van der Waals surface area contributed by atoms with Crippen LogP contribution >= 0.6 is 0 Å². The Labute approximate surface area is 135 Å². The predicted molar refractivity (Wildman–Crippen MR) is 82.2 cm³/mol. The van der Waals surface area contributed by atoms with Gasteiger partial charge in [-0.05, 0) is 25.7 Å². The van der Waals surface area contributed by atoms with Crippen molar-refractivity contribution >= 4 is 5.91 Å². The third-order valence-corrected chi connectivity index (χ3v) is 5.24. The Morgan fingerprint density at radius 3 is 2.52 bits per heavy atom. The highest BCUT2D eigenvalue weighted by atomic mass is 16.3. The molecule has 3 atom stereocenters. The molecule has 2 heterocycles. The largest absolute Gasteiger partial charge is 0.391 e. The first-order valence-corrected chi connectivity index (χ1v) is 8.22. The average Bonchev–Trinajstić information content (AvgIpc) is 3.09. The zero-order chi connectivity index (χ0) is 16.6. The molecule has 3 rings (SSSR count). The van der Waals surface area contributed by atoms with E-state index in [1.54, 1.807) is 0 Å². The van der Waals surface area contributed by atoms with Crippen molar-refractivity contribution in [2.45, 2.75) is 50.4 Å². The van der Waals surface area contributed by atoms with Gasteiger partial charge in [0.25, 0.3) is 0 Å². The van der Waals surface area contributed by atoms with E-state index in [4.69, 9.17) is 5.73 Å². The van der Waals surface area contributed by atoms with Crippen molar-refractivity contribution in [1.82, 2.24) is 19.7 Å².